The molecule has 1 amide bonds. The number of esters is 2. The second kappa shape index (κ2) is 9.34. The van der Waals surface area contributed by atoms with E-state index in [-0.39, 0.29) is 11.5 Å². The standard InChI is InChI=1S/C23H24N2O6/c1-23(2)30-21(27)17(22(28)31-23)14-25-18-10-6-5-9-16(18)20(26)24-13-12-15-8-4-7-11-19(15)29-3/h4-11,14,25H,12-13H2,1-3H3,(H,24,26). The predicted octanol–water partition coefficient (Wildman–Crippen LogP) is 2.80. The van der Waals surface area contributed by atoms with Crippen LogP contribution in [0.15, 0.2) is 60.3 Å². The summed E-state index contributed by atoms with van der Waals surface area (Å²) in [6, 6.07) is 14.4. The van der Waals surface area contributed by atoms with E-state index >= 15 is 0 Å². The highest BCUT2D eigenvalue weighted by Crippen LogP contribution is 2.23. The minimum absolute atomic E-state index is 0.286. The minimum atomic E-state index is -1.31. The van der Waals surface area contributed by atoms with Gasteiger partial charge < -0.3 is 24.8 Å². The molecule has 162 valence electrons. The van der Waals surface area contributed by atoms with Crippen molar-refractivity contribution in [1.82, 2.24) is 5.32 Å². The number of methoxy groups -OCH3 is 1. The highest BCUT2D eigenvalue weighted by Gasteiger charge is 2.39. The van der Waals surface area contributed by atoms with Gasteiger partial charge in [-0.05, 0) is 30.2 Å². The van der Waals surface area contributed by atoms with Gasteiger partial charge in [-0.25, -0.2) is 9.59 Å². The van der Waals surface area contributed by atoms with Gasteiger partial charge in [0, 0.05) is 26.6 Å². The van der Waals surface area contributed by atoms with Crippen molar-refractivity contribution in [3.63, 3.8) is 0 Å². The van der Waals surface area contributed by atoms with Crippen LogP contribution in [0.2, 0.25) is 0 Å². The summed E-state index contributed by atoms with van der Waals surface area (Å²) < 4.78 is 15.4. The van der Waals surface area contributed by atoms with E-state index in [1.54, 1.807) is 31.4 Å². The highest BCUT2D eigenvalue weighted by molar-refractivity contribution is 6.15. The van der Waals surface area contributed by atoms with Crippen LogP contribution in [0.5, 0.6) is 5.75 Å². The number of carbonyl (C=O) groups is 3. The molecule has 2 aromatic rings. The molecular weight excluding hydrogens is 400 g/mol. The third-order valence-electron chi connectivity index (χ3n) is 4.53. The molecular formula is C23H24N2O6. The zero-order valence-corrected chi connectivity index (χ0v) is 17.6. The summed E-state index contributed by atoms with van der Waals surface area (Å²) in [5, 5.41) is 5.70. The first-order valence-electron chi connectivity index (χ1n) is 9.73. The Morgan fingerprint density at radius 1 is 1.03 bits per heavy atom. The van der Waals surface area contributed by atoms with Crippen LogP contribution < -0.4 is 15.4 Å². The van der Waals surface area contributed by atoms with E-state index < -0.39 is 17.7 Å². The summed E-state index contributed by atoms with van der Waals surface area (Å²) in [4.78, 5) is 36.8. The minimum Gasteiger partial charge on any atom is -0.496 e. The van der Waals surface area contributed by atoms with Crippen molar-refractivity contribution in [2.75, 3.05) is 19.0 Å². The first-order valence-corrected chi connectivity index (χ1v) is 9.73. The summed E-state index contributed by atoms with van der Waals surface area (Å²) in [5.74, 6) is -2.45. The summed E-state index contributed by atoms with van der Waals surface area (Å²) in [6.45, 7) is 3.34. The Labute approximate surface area is 180 Å². The molecule has 8 heteroatoms. The normalized spacial score (nSPS) is 14.9. The number of carbonyl (C=O) groups excluding carboxylic acids is 3. The molecule has 8 nitrogen and oxygen atoms in total. The lowest BCUT2D eigenvalue weighted by Crippen LogP contribution is -2.42. The average Bonchev–Trinajstić information content (AvgIpc) is 2.73. The second-order valence-corrected chi connectivity index (χ2v) is 7.24. The van der Waals surface area contributed by atoms with Crippen molar-refractivity contribution in [3.8, 4) is 5.75 Å². The van der Waals surface area contributed by atoms with E-state index in [2.05, 4.69) is 10.6 Å². The largest absolute Gasteiger partial charge is 0.496 e. The first-order chi connectivity index (χ1) is 14.8. The Morgan fingerprint density at radius 2 is 1.68 bits per heavy atom. The number of benzene rings is 2. The number of anilines is 1. The molecule has 1 saturated heterocycles. The summed E-state index contributed by atoms with van der Waals surface area (Å²) in [5.41, 5.74) is 1.48. The van der Waals surface area contributed by atoms with Crippen LogP contribution in [0.4, 0.5) is 5.69 Å². The third kappa shape index (κ3) is 5.42. The predicted molar refractivity (Wildman–Crippen MR) is 113 cm³/mol. The molecule has 31 heavy (non-hydrogen) atoms. The number of rotatable bonds is 7. The van der Waals surface area contributed by atoms with Gasteiger partial charge in [-0.3, -0.25) is 4.79 Å². The molecule has 0 atom stereocenters. The van der Waals surface area contributed by atoms with Crippen molar-refractivity contribution < 1.29 is 28.6 Å². The quantitative estimate of drug-likeness (QED) is 0.400. The van der Waals surface area contributed by atoms with Gasteiger partial charge in [0.25, 0.3) is 11.7 Å². The van der Waals surface area contributed by atoms with E-state index in [1.807, 2.05) is 24.3 Å². The number of nitrogens with one attached hydrogen (secondary N) is 2. The molecule has 0 aromatic heterocycles. The molecule has 0 unspecified atom stereocenters. The molecule has 2 N–H and O–H groups in total. The molecule has 1 aliphatic heterocycles. The van der Waals surface area contributed by atoms with Crippen molar-refractivity contribution in [1.29, 1.82) is 0 Å². The van der Waals surface area contributed by atoms with E-state index in [0.29, 0.717) is 24.2 Å². The summed E-state index contributed by atoms with van der Waals surface area (Å²) in [6.07, 6.45) is 1.78. The third-order valence-corrected chi connectivity index (χ3v) is 4.53. The highest BCUT2D eigenvalue weighted by atomic mass is 16.7. The summed E-state index contributed by atoms with van der Waals surface area (Å²) >= 11 is 0. The monoisotopic (exact) mass is 424 g/mol. The maximum absolute atomic E-state index is 12.7. The summed E-state index contributed by atoms with van der Waals surface area (Å²) in [7, 11) is 1.60. The number of cyclic esters (lactones) is 2. The van der Waals surface area contributed by atoms with Gasteiger partial charge >= 0.3 is 11.9 Å². The lowest BCUT2D eigenvalue weighted by atomic mass is 10.1. The Kier molecular flexibility index (Phi) is 6.59. The van der Waals surface area contributed by atoms with E-state index in [0.717, 1.165) is 11.3 Å². The molecule has 0 saturated carbocycles. The number of amides is 1. The average molecular weight is 424 g/mol. The number of hydrogen-bond acceptors (Lipinski definition) is 7. The molecule has 0 radical (unpaired) electrons. The van der Waals surface area contributed by atoms with Gasteiger partial charge in [-0.2, -0.15) is 0 Å². The fourth-order valence-electron chi connectivity index (χ4n) is 3.05. The lowest BCUT2D eigenvalue weighted by Gasteiger charge is -2.29. The Morgan fingerprint density at radius 3 is 2.39 bits per heavy atom. The fraction of sp³-hybridized carbons (Fsp3) is 0.261. The van der Waals surface area contributed by atoms with Crippen LogP contribution in [0.3, 0.4) is 0 Å². The van der Waals surface area contributed by atoms with E-state index in [4.69, 9.17) is 14.2 Å². The van der Waals surface area contributed by atoms with E-state index in [9.17, 15) is 14.4 Å². The molecule has 0 aliphatic carbocycles. The SMILES string of the molecule is COc1ccccc1CCNC(=O)c1ccccc1NC=C1C(=O)OC(C)(C)OC1=O. The smallest absolute Gasteiger partial charge is 0.350 e. The Balaban J connectivity index is 1.67. The van der Waals surface area contributed by atoms with Crippen LogP contribution in [0.1, 0.15) is 29.8 Å². The first kappa shape index (κ1) is 21.9. The fourth-order valence-corrected chi connectivity index (χ4v) is 3.05. The van der Waals surface area contributed by atoms with Gasteiger partial charge in [0.05, 0.1) is 18.4 Å². The van der Waals surface area contributed by atoms with Crippen molar-refractivity contribution in [3.05, 3.63) is 71.4 Å². The Bertz CT molecular complexity index is 1010. The Hall–Kier alpha value is -3.81. The van der Waals surface area contributed by atoms with Crippen molar-refractivity contribution in [2.45, 2.75) is 26.1 Å². The molecule has 1 aliphatic rings. The molecule has 0 spiro atoms. The van der Waals surface area contributed by atoms with Crippen LogP contribution in [-0.4, -0.2) is 37.3 Å². The lowest BCUT2D eigenvalue weighted by molar-refractivity contribution is -0.222. The van der Waals surface area contributed by atoms with Crippen molar-refractivity contribution >= 4 is 23.5 Å². The zero-order valence-electron chi connectivity index (χ0n) is 17.6. The maximum atomic E-state index is 12.7. The van der Waals surface area contributed by atoms with E-state index in [1.165, 1.54) is 20.0 Å². The number of ether oxygens (including phenoxy) is 3. The molecule has 1 fully saturated rings. The van der Waals surface area contributed by atoms with Crippen molar-refractivity contribution in [2.24, 2.45) is 0 Å². The van der Waals surface area contributed by atoms with Crippen LogP contribution in [0, 0.1) is 0 Å². The molecule has 0 bridgehead atoms. The molecule has 1 heterocycles. The van der Waals surface area contributed by atoms with Crippen LogP contribution in [-0.2, 0) is 25.5 Å². The zero-order chi connectivity index (χ0) is 22.4. The maximum Gasteiger partial charge on any atom is 0.350 e. The van der Waals surface area contributed by atoms with Gasteiger partial charge in [-0.15, -0.1) is 0 Å². The van der Waals surface area contributed by atoms with Gasteiger partial charge in [0.15, 0.2) is 5.57 Å². The topological polar surface area (TPSA) is 103 Å². The molecule has 3 rings (SSSR count). The van der Waals surface area contributed by atoms with Crippen LogP contribution in [0.25, 0.3) is 0 Å². The van der Waals surface area contributed by atoms with Gasteiger partial charge in [0.1, 0.15) is 5.75 Å². The van der Waals surface area contributed by atoms with Gasteiger partial charge in [0.2, 0.25) is 0 Å². The van der Waals surface area contributed by atoms with Crippen LogP contribution >= 0.6 is 0 Å². The number of para-hydroxylation sites is 2. The molecule has 2 aromatic carbocycles. The van der Waals surface area contributed by atoms with Gasteiger partial charge in [-0.1, -0.05) is 30.3 Å². The second-order valence-electron chi connectivity index (χ2n) is 7.24. The number of hydrogen-bond donors (Lipinski definition) is 2.